The van der Waals surface area contributed by atoms with Gasteiger partial charge in [-0.1, -0.05) is 43.3 Å². The Labute approximate surface area is 119 Å². The fourth-order valence-electron chi connectivity index (χ4n) is 3.04. The molecule has 100 valence electrons. The first-order valence-electron chi connectivity index (χ1n) is 7.17. The van der Waals surface area contributed by atoms with E-state index in [1.54, 1.807) is 0 Å². The van der Waals surface area contributed by atoms with E-state index < -0.39 is 0 Å². The second-order valence-electron chi connectivity index (χ2n) is 5.64. The molecule has 1 saturated carbocycles. The average molecular weight is 271 g/mol. The summed E-state index contributed by atoms with van der Waals surface area (Å²) in [4.78, 5) is 1.42. The summed E-state index contributed by atoms with van der Waals surface area (Å²) >= 11 is 1.85. The number of nitrogens with one attached hydrogen (secondary N) is 1. The molecule has 3 rings (SSSR count). The molecule has 2 aromatic rings. The van der Waals surface area contributed by atoms with Crippen LogP contribution >= 0.6 is 11.3 Å². The molecule has 0 aliphatic heterocycles. The fraction of sp³-hybridized carbons (Fsp3) is 0.412. The summed E-state index contributed by atoms with van der Waals surface area (Å²) in [5.41, 5.74) is 1.38. The molecule has 1 N–H and O–H groups in total. The van der Waals surface area contributed by atoms with E-state index in [1.807, 2.05) is 11.3 Å². The molecule has 1 fully saturated rings. The predicted molar refractivity (Wildman–Crippen MR) is 82.5 cm³/mol. The van der Waals surface area contributed by atoms with E-state index in [0.717, 1.165) is 5.92 Å². The van der Waals surface area contributed by atoms with Gasteiger partial charge in [-0.3, -0.25) is 0 Å². The molecule has 0 spiro atoms. The highest BCUT2D eigenvalue weighted by atomic mass is 32.1. The molecule has 0 radical (unpaired) electrons. The molecule has 3 atom stereocenters. The second kappa shape index (κ2) is 5.89. The lowest BCUT2D eigenvalue weighted by Crippen LogP contribution is -2.31. The Hall–Kier alpha value is -1.12. The third kappa shape index (κ3) is 3.07. The monoisotopic (exact) mass is 271 g/mol. The Kier molecular flexibility index (Phi) is 4.00. The van der Waals surface area contributed by atoms with Gasteiger partial charge >= 0.3 is 0 Å². The standard InChI is InChI=1S/C17H21NS/c1-13-9-10-15(12-13)18-17(16-8-5-11-19-16)14-6-3-2-4-7-14/h2-8,11,13,15,17-18H,9-10,12H2,1H3. The summed E-state index contributed by atoms with van der Waals surface area (Å²) in [6.07, 6.45) is 3.99. The number of rotatable bonds is 4. The first-order chi connectivity index (χ1) is 9.33. The number of hydrogen-bond donors (Lipinski definition) is 1. The number of thiophene rings is 1. The molecule has 1 nitrogen and oxygen atoms in total. The van der Waals surface area contributed by atoms with Gasteiger partial charge in [0.1, 0.15) is 0 Å². The second-order valence-corrected chi connectivity index (χ2v) is 6.62. The van der Waals surface area contributed by atoms with Crippen molar-refractivity contribution in [1.82, 2.24) is 5.32 Å². The van der Waals surface area contributed by atoms with E-state index in [2.05, 4.69) is 60.1 Å². The molecule has 0 bridgehead atoms. The van der Waals surface area contributed by atoms with E-state index in [1.165, 1.54) is 29.7 Å². The minimum Gasteiger partial charge on any atom is -0.303 e. The zero-order valence-electron chi connectivity index (χ0n) is 11.4. The van der Waals surface area contributed by atoms with Crippen LogP contribution in [-0.2, 0) is 0 Å². The normalized spacial score (nSPS) is 24.5. The molecule has 19 heavy (non-hydrogen) atoms. The summed E-state index contributed by atoms with van der Waals surface area (Å²) in [6, 6.07) is 16.2. The largest absolute Gasteiger partial charge is 0.303 e. The Morgan fingerprint density at radius 3 is 2.58 bits per heavy atom. The summed E-state index contributed by atoms with van der Waals surface area (Å²) in [5, 5.41) is 6.05. The lowest BCUT2D eigenvalue weighted by atomic mass is 10.0. The van der Waals surface area contributed by atoms with Crippen LogP contribution in [0.25, 0.3) is 0 Å². The van der Waals surface area contributed by atoms with E-state index in [4.69, 9.17) is 0 Å². The minimum atomic E-state index is 0.358. The molecule has 1 aliphatic carbocycles. The van der Waals surface area contributed by atoms with Crippen LogP contribution in [0.5, 0.6) is 0 Å². The summed E-state index contributed by atoms with van der Waals surface area (Å²) < 4.78 is 0. The van der Waals surface area contributed by atoms with Crippen molar-refractivity contribution in [3.05, 3.63) is 58.3 Å². The third-order valence-corrected chi connectivity index (χ3v) is 4.99. The predicted octanol–water partition coefficient (Wildman–Crippen LogP) is 4.62. The zero-order valence-corrected chi connectivity index (χ0v) is 12.2. The maximum atomic E-state index is 3.88. The lowest BCUT2D eigenvalue weighted by Gasteiger charge is -2.22. The van der Waals surface area contributed by atoms with Gasteiger partial charge in [0.05, 0.1) is 6.04 Å². The zero-order chi connectivity index (χ0) is 13.1. The van der Waals surface area contributed by atoms with Crippen molar-refractivity contribution in [2.24, 2.45) is 5.92 Å². The molecule has 1 aromatic carbocycles. The topological polar surface area (TPSA) is 12.0 Å². The highest BCUT2D eigenvalue weighted by Gasteiger charge is 2.25. The van der Waals surface area contributed by atoms with Gasteiger partial charge in [-0.05, 0) is 42.2 Å². The quantitative estimate of drug-likeness (QED) is 0.856. The van der Waals surface area contributed by atoms with Crippen molar-refractivity contribution >= 4 is 11.3 Å². The Balaban J connectivity index is 1.81. The van der Waals surface area contributed by atoms with Gasteiger partial charge in [-0.15, -0.1) is 11.3 Å². The van der Waals surface area contributed by atoms with Crippen molar-refractivity contribution in [2.75, 3.05) is 0 Å². The Morgan fingerprint density at radius 2 is 1.95 bits per heavy atom. The van der Waals surface area contributed by atoms with Crippen LogP contribution in [0.4, 0.5) is 0 Å². The van der Waals surface area contributed by atoms with E-state index in [9.17, 15) is 0 Å². The Bertz CT molecular complexity index is 491. The van der Waals surface area contributed by atoms with Crippen molar-refractivity contribution < 1.29 is 0 Å². The van der Waals surface area contributed by atoms with Crippen molar-refractivity contribution in [3.63, 3.8) is 0 Å². The van der Waals surface area contributed by atoms with Crippen LogP contribution in [0.3, 0.4) is 0 Å². The van der Waals surface area contributed by atoms with Gasteiger partial charge in [-0.2, -0.15) is 0 Å². The minimum absolute atomic E-state index is 0.358. The van der Waals surface area contributed by atoms with E-state index >= 15 is 0 Å². The van der Waals surface area contributed by atoms with Crippen molar-refractivity contribution in [3.8, 4) is 0 Å². The molecule has 1 aliphatic rings. The van der Waals surface area contributed by atoms with Crippen LogP contribution in [0, 0.1) is 5.92 Å². The molecular formula is C17H21NS. The Morgan fingerprint density at radius 1 is 1.11 bits per heavy atom. The summed E-state index contributed by atoms with van der Waals surface area (Å²) in [6.45, 7) is 2.37. The van der Waals surface area contributed by atoms with Gasteiger partial charge < -0.3 is 5.32 Å². The first kappa shape index (κ1) is 12.9. The van der Waals surface area contributed by atoms with Crippen LogP contribution < -0.4 is 5.32 Å². The molecule has 0 amide bonds. The average Bonchev–Trinajstić information content (AvgIpc) is 3.08. The maximum Gasteiger partial charge on any atom is 0.0673 e. The third-order valence-electron chi connectivity index (χ3n) is 4.06. The van der Waals surface area contributed by atoms with Gasteiger partial charge in [0.25, 0.3) is 0 Å². The molecule has 1 heterocycles. The van der Waals surface area contributed by atoms with Crippen LogP contribution in [0.2, 0.25) is 0 Å². The van der Waals surface area contributed by atoms with Gasteiger partial charge in [0, 0.05) is 10.9 Å². The van der Waals surface area contributed by atoms with Crippen LogP contribution in [0.1, 0.15) is 42.7 Å². The van der Waals surface area contributed by atoms with Crippen LogP contribution in [0.15, 0.2) is 47.8 Å². The molecule has 3 unspecified atom stereocenters. The molecule has 1 aromatic heterocycles. The maximum absolute atomic E-state index is 3.88. The lowest BCUT2D eigenvalue weighted by molar-refractivity contribution is 0.468. The van der Waals surface area contributed by atoms with E-state index in [0.29, 0.717) is 12.1 Å². The van der Waals surface area contributed by atoms with Crippen molar-refractivity contribution in [2.45, 2.75) is 38.3 Å². The van der Waals surface area contributed by atoms with Crippen LogP contribution in [-0.4, -0.2) is 6.04 Å². The number of benzene rings is 1. The molecule has 2 heteroatoms. The van der Waals surface area contributed by atoms with E-state index in [-0.39, 0.29) is 0 Å². The fourth-order valence-corrected chi connectivity index (χ4v) is 3.85. The highest BCUT2D eigenvalue weighted by Crippen LogP contribution is 2.31. The molecular weight excluding hydrogens is 250 g/mol. The summed E-state index contributed by atoms with van der Waals surface area (Å²) in [7, 11) is 0. The first-order valence-corrected chi connectivity index (χ1v) is 8.05. The highest BCUT2D eigenvalue weighted by molar-refractivity contribution is 7.10. The van der Waals surface area contributed by atoms with Gasteiger partial charge in [-0.25, -0.2) is 0 Å². The van der Waals surface area contributed by atoms with Gasteiger partial charge in [0.2, 0.25) is 0 Å². The smallest absolute Gasteiger partial charge is 0.0673 e. The number of hydrogen-bond acceptors (Lipinski definition) is 2. The molecule has 0 saturated heterocycles. The van der Waals surface area contributed by atoms with Gasteiger partial charge in [0.15, 0.2) is 0 Å². The SMILES string of the molecule is CC1CCC(NC(c2ccccc2)c2cccs2)C1. The van der Waals surface area contributed by atoms with Crippen molar-refractivity contribution in [1.29, 1.82) is 0 Å². The summed E-state index contributed by atoms with van der Waals surface area (Å²) in [5.74, 6) is 0.872.